The van der Waals surface area contributed by atoms with Crippen LogP contribution in [-0.4, -0.2) is 17.0 Å². The summed E-state index contributed by atoms with van der Waals surface area (Å²) in [7, 11) is 1.84. The molecule has 0 bridgehead atoms. The molecule has 64 valence electrons. The predicted molar refractivity (Wildman–Crippen MR) is 48.2 cm³/mol. The van der Waals surface area contributed by atoms with Gasteiger partial charge in [0, 0.05) is 18.7 Å². The molecule has 3 nitrogen and oxygen atoms in total. The van der Waals surface area contributed by atoms with Crippen LogP contribution in [0.25, 0.3) is 0 Å². The molecule has 1 N–H and O–H groups in total. The van der Waals surface area contributed by atoms with Crippen LogP contribution in [0.1, 0.15) is 25.5 Å². The highest BCUT2D eigenvalue weighted by Gasteiger charge is 2.40. The van der Waals surface area contributed by atoms with E-state index in [1.807, 2.05) is 19.3 Å². The Bertz CT molecular complexity index is 292. The van der Waals surface area contributed by atoms with Gasteiger partial charge in [0.2, 0.25) is 5.95 Å². The van der Waals surface area contributed by atoms with E-state index in [-0.39, 0.29) is 0 Å². The summed E-state index contributed by atoms with van der Waals surface area (Å²) in [6.07, 6.45) is 4.33. The summed E-state index contributed by atoms with van der Waals surface area (Å²) in [5.74, 6) is 0.723. The second-order valence-electron chi connectivity index (χ2n) is 3.58. The van der Waals surface area contributed by atoms with Gasteiger partial charge < -0.3 is 5.32 Å². The molecule has 3 heteroatoms. The fraction of sp³-hybridized carbons (Fsp3) is 0.556. The van der Waals surface area contributed by atoms with E-state index in [1.165, 1.54) is 18.5 Å². The quantitative estimate of drug-likeness (QED) is 0.719. The Morgan fingerprint density at radius 2 is 2.25 bits per heavy atom. The van der Waals surface area contributed by atoms with Crippen molar-refractivity contribution in [3.8, 4) is 0 Å². The van der Waals surface area contributed by atoms with Gasteiger partial charge in [0.25, 0.3) is 0 Å². The van der Waals surface area contributed by atoms with Crippen molar-refractivity contribution in [2.24, 2.45) is 0 Å². The zero-order valence-electron chi connectivity index (χ0n) is 7.46. The van der Waals surface area contributed by atoms with E-state index in [0.717, 1.165) is 5.95 Å². The summed E-state index contributed by atoms with van der Waals surface area (Å²) in [5.41, 5.74) is 1.51. The van der Waals surface area contributed by atoms with Gasteiger partial charge in [-0.25, -0.2) is 9.97 Å². The van der Waals surface area contributed by atoms with Crippen LogP contribution >= 0.6 is 0 Å². The minimum atomic E-state index is 0.342. The first-order valence-electron chi connectivity index (χ1n) is 4.26. The molecule has 0 unspecified atom stereocenters. The van der Waals surface area contributed by atoms with Crippen LogP contribution in [-0.2, 0) is 5.41 Å². The van der Waals surface area contributed by atoms with Crippen LogP contribution in [0.5, 0.6) is 0 Å². The standard InChI is InChI=1S/C9H13N3/c1-9(4-5-9)7-3-6-11-8(10-2)12-7/h3,6H,4-5H2,1-2H3,(H,10,11,12). The van der Waals surface area contributed by atoms with Crippen molar-refractivity contribution in [1.82, 2.24) is 9.97 Å². The van der Waals surface area contributed by atoms with Crippen molar-refractivity contribution in [2.75, 3.05) is 12.4 Å². The first-order chi connectivity index (χ1) is 5.74. The Kier molecular flexibility index (Phi) is 1.53. The minimum Gasteiger partial charge on any atom is -0.357 e. The van der Waals surface area contributed by atoms with Gasteiger partial charge in [-0.3, -0.25) is 0 Å². The van der Waals surface area contributed by atoms with Crippen molar-refractivity contribution in [1.29, 1.82) is 0 Å². The monoisotopic (exact) mass is 163 g/mol. The Morgan fingerprint density at radius 3 is 2.83 bits per heavy atom. The Labute approximate surface area is 72.2 Å². The molecule has 0 aromatic carbocycles. The maximum atomic E-state index is 4.40. The number of rotatable bonds is 2. The molecule has 0 radical (unpaired) electrons. The SMILES string of the molecule is CNc1nccc(C2(C)CC2)n1. The Hall–Kier alpha value is -1.12. The number of anilines is 1. The third-order valence-corrected chi connectivity index (χ3v) is 2.50. The van der Waals surface area contributed by atoms with Crippen LogP contribution in [0, 0.1) is 0 Å². The molecule has 12 heavy (non-hydrogen) atoms. The molecule has 1 aliphatic rings. The van der Waals surface area contributed by atoms with Gasteiger partial charge in [-0.2, -0.15) is 0 Å². The third kappa shape index (κ3) is 1.15. The molecular formula is C9H13N3. The first-order valence-corrected chi connectivity index (χ1v) is 4.26. The lowest BCUT2D eigenvalue weighted by Crippen LogP contribution is -2.06. The third-order valence-electron chi connectivity index (χ3n) is 2.50. The fourth-order valence-corrected chi connectivity index (χ4v) is 1.26. The number of hydrogen-bond acceptors (Lipinski definition) is 3. The summed E-state index contributed by atoms with van der Waals surface area (Å²) in [4.78, 5) is 8.48. The van der Waals surface area contributed by atoms with Gasteiger partial charge in [0.05, 0.1) is 5.69 Å². The van der Waals surface area contributed by atoms with E-state index < -0.39 is 0 Å². The second-order valence-corrected chi connectivity index (χ2v) is 3.58. The minimum absolute atomic E-state index is 0.342. The predicted octanol–water partition coefficient (Wildman–Crippen LogP) is 1.57. The molecule has 1 aromatic heterocycles. The van der Waals surface area contributed by atoms with Crippen molar-refractivity contribution in [3.05, 3.63) is 18.0 Å². The Morgan fingerprint density at radius 1 is 1.50 bits per heavy atom. The lowest BCUT2D eigenvalue weighted by molar-refractivity contribution is 0.746. The summed E-state index contributed by atoms with van der Waals surface area (Å²) in [6.45, 7) is 2.24. The van der Waals surface area contributed by atoms with Gasteiger partial charge in [-0.15, -0.1) is 0 Å². The molecule has 1 saturated carbocycles. The van der Waals surface area contributed by atoms with Crippen molar-refractivity contribution in [3.63, 3.8) is 0 Å². The van der Waals surface area contributed by atoms with Gasteiger partial charge in [-0.1, -0.05) is 6.92 Å². The average Bonchev–Trinajstić information content (AvgIpc) is 2.85. The van der Waals surface area contributed by atoms with E-state index in [4.69, 9.17) is 0 Å². The van der Waals surface area contributed by atoms with Crippen LogP contribution in [0.2, 0.25) is 0 Å². The lowest BCUT2D eigenvalue weighted by Gasteiger charge is -2.07. The lowest BCUT2D eigenvalue weighted by atomic mass is 10.1. The zero-order chi connectivity index (χ0) is 8.60. The molecule has 0 amide bonds. The van der Waals surface area contributed by atoms with Gasteiger partial charge >= 0.3 is 0 Å². The maximum Gasteiger partial charge on any atom is 0.222 e. The number of nitrogens with one attached hydrogen (secondary N) is 1. The topological polar surface area (TPSA) is 37.8 Å². The molecule has 0 atom stereocenters. The fourth-order valence-electron chi connectivity index (χ4n) is 1.26. The van der Waals surface area contributed by atoms with Crippen LogP contribution in [0.15, 0.2) is 12.3 Å². The van der Waals surface area contributed by atoms with Crippen molar-refractivity contribution >= 4 is 5.95 Å². The number of aromatic nitrogens is 2. The molecule has 2 rings (SSSR count). The van der Waals surface area contributed by atoms with Crippen molar-refractivity contribution < 1.29 is 0 Å². The highest BCUT2D eigenvalue weighted by Crippen LogP contribution is 2.46. The maximum absolute atomic E-state index is 4.40. The Balaban J connectivity index is 2.32. The number of hydrogen-bond donors (Lipinski definition) is 1. The second kappa shape index (κ2) is 2.44. The van der Waals surface area contributed by atoms with E-state index in [1.54, 1.807) is 0 Å². The van der Waals surface area contributed by atoms with Gasteiger partial charge in [0.1, 0.15) is 0 Å². The largest absolute Gasteiger partial charge is 0.357 e. The van der Waals surface area contributed by atoms with E-state index in [0.29, 0.717) is 5.41 Å². The number of nitrogens with zero attached hydrogens (tertiary/aromatic N) is 2. The highest BCUT2D eigenvalue weighted by molar-refractivity contribution is 5.29. The molecule has 1 heterocycles. The van der Waals surface area contributed by atoms with Gasteiger partial charge in [-0.05, 0) is 18.9 Å². The summed E-state index contributed by atoms with van der Waals surface area (Å²) >= 11 is 0. The molecular weight excluding hydrogens is 150 g/mol. The summed E-state index contributed by atoms with van der Waals surface area (Å²) in [5, 5.41) is 2.94. The van der Waals surface area contributed by atoms with E-state index >= 15 is 0 Å². The molecule has 0 aliphatic heterocycles. The van der Waals surface area contributed by atoms with Gasteiger partial charge in [0.15, 0.2) is 0 Å². The molecule has 1 aromatic rings. The molecule has 1 fully saturated rings. The van der Waals surface area contributed by atoms with Crippen LogP contribution < -0.4 is 5.32 Å². The summed E-state index contributed by atoms with van der Waals surface area (Å²) in [6, 6.07) is 2.01. The van der Waals surface area contributed by atoms with Crippen LogP contribution in [0.4, 0.5) is 5.95 Å². The molecule has 0 saturated heterocycles. The van der Waals surface area contributed by atoms with E-state index in [9.17, 15) is 0 Å². The highest BCUT2D eigenvalue weighted by atomic mass is 15.1. The van der Waals surface area contributed by atoms with Crippen molar-refractivity contribution in [2.45, 2.75) is 25.2 Å². The average molecular weight is 163 g/mol. The summed E-state index contributed by atoms with van der Waals surface area (Å²) < 4.78 is 0. The van der Waals surface area contributed by atoms with E-state index in [2.05, 4.69) is 22.2 Å². The van der Waals surface area contributed by atoms with Crippen LogP contribution in [0.3, 0.4) is 0 Å². The normalized spacial score (nSPS) is 18.8. The molecule has 1 aliphatic carbocycles. The first kappa shape index (κ1) is 7.53. The smallest absolute Gasteiger partial charge is 0.222 e. The molecule has 0 spiro atoms. The zero-order valence-corrected chi connectivity index (χ0v) is 7.46.